The van der Waals surface area contributed by atoms with E-state index in [-0.39, 0.29) is 11.9 Å². The lowest BCUT2D eigenvalue weighted by atomic mass is 10.1. The SMILES string of the molecule is COCc1c(Br)cccc1NC(C)C(=O)NCCC(C)C. The van der Waals surface area contributed by atoms with Gasteiger partial charge in [0.15, 0.2) is 0 Å². The summed E-state index contributed by atoms with van der Waals surface area (Å²) in [4.78, 5) is 12.1. The summed E-state index contributed by atoms with van der Waals surface area (Å²) in [6, 6.07) is 5.57. The zero-order valence-corrected chi connectivity index (χ0v) is 14.8. The van der Waals surface area contributed by atoms with Crippen molar-refractivity contribution >= 4 is 27.5 Å². The largest absolute Gasteiger partial charge is 0.380 e. The lowest BCUT2D eigenvalue weighted by molar-refractivity contribution is -0.121. The summed E-state index contributed by atoms with van der Waals surface area (Å²) in [5.41, 5.74) is 1.93. The van der Waals surface area contributed by atoms with Gasteiger partial charge in [-0.2, -0.15) is 0 Å². The second kappa shape index (κ2) is 9.05. The number of hydrogen-bond donors (Lipinski definition) is 2. The van der Waals surface area contributed by atoms with Gasteiger partial charge in [0.2, 0.25) is 5.91 Å². The minimum atomic E-state index is -0.290. The number of carbonyl (C=O) groups excluding carboxylic acids is 1. The summed E-state index contributed by atoms with van der Waals surface area (Å²) in [6.07, 6.45) is 0.990. The van der Waals surface area contributed by atoms with Crippen LogP contribution in [0.15, 0.2) is 22.7 Å². The Kier molecular flexibility index (Phi) is 7.75. The van der Waals surface area contributed by atoms with Gasteiger partial charge in [0.25, 0.3) is 0 Å². The number of carbonyl (C=O) groups is 1. The Morgan fingerprint density at radius 1 is 1.33 bits per heavy atom. The zero-order valence-electron chi connectivity index (χ0n) is 13.2. The molecule has 1 rings (SSSR count). The van der Waals surface area contributed by atoms with Crippen LogP contribution in [0, 0.1) is 5.92 Å². The van der Waals surface area contributed by atoms with Crippen molar-refractivity contribution < 1.29 is 9.53 Å². The van der Waals surface area contributed by atoms with E-state index in [4.69, 9.17) is 4.74 Å². The van der Waals surface area contributed by atoms with E-state index in [1.807, 2.05) is 25.1 Å². The van der Waals surface area contributed by atoms with Crippen molar-refractivity contribution in [2.24, 2.45) is 5.92 Å². The van der Waals surface area contributed by atoms with E-state index in [0.29, 0.717) is 19.1 Å². The Balaban J connectivity index is 2.63. The smallest absolute Gasteiger partial charge is 0.242 e. The van der Waals surface area contributed by atoms with Crippen molar-refractivity contribution in [2.75, 3.05) is 19.0 Å². The van der Waals surface area contributed by atoms with Crippen LogP contribution in [0.1, 0.15) is 32.8 Å². The molecule has 1 aromatic carbocycles. The molecule has 0 aliphatic carbocycles. The van der Waals surface area contributed by atoms with Crippen LogP contribution in [-0.2, 0) is 16.1 Å². The van der Waals surface area contributed by atoms with Crippen LogP contribution >= 0.6 is 15.9 Å². The molecule has 0 fully saturated rings. The molecule has 0 heterocycles. The van der Waals surface area contributed by atoms with Crippen molar-refractivity contribution in [2.45, 2.75) is 39.8 Å². The lowest BCUT2D eigenvalue weighted by Gasteiger charge is -2.19. The van der Waals surface area contributed by atoms with E-state index in [1.54, 1.807) is 7.11 Å². The molecule has 1 amide bonds. The molecule has 0 aromatic heterocycles. The first-order valence-electron chi connectivity index (χ1n) is 7.26. The first kappa shape index (κ1) is 18.0. The van der Waals surface area contributed by atoms with E-state index in [1.165, 1.54) is 0 Å². The summed E-state index contributed by atoms with van der Waals surface area (Å²) >= 11 is 3.51. The van der Waals surface area contributed by atoms with Gasteiger partial charge in [-0.25, -0.2) is 0 Å². The van der Waals surface area contributed by atoms with Crippen LogP contribution in [0.4, 0.5) is 5.69 Å². The van der Waals surface area contributed by atoms with Crippen molar-refractivity contribution in [3.63, 3.8) is 0 Å². The number of halogens is 1. The third-order valence-corrected chi connectivity index (χ3v) is 3.94. The third kappa shape index (κ3) is 6.06. The van der Waals surface area contributed by atoms with Gasteiger partial charge in [-0.15, -0.1) is 0 Å². The number of amides is 1. The Hall–Kier alpha value is -1.07. The second-order valence-electron chi connectivity index (χ2n) is 5.54. The van der Waals surface area contributed by atoms with Crippen molar-refractivity contribution in [3.8, 4) is 0 Å². The lowest BCUT2D eigenvalue weighted by Crippen LogP contribution is -2.38. The van der Waals surface area contributed by atoms with Crippen LogP contribution in [0.5, 0.6) is 0 Å². The molecule has 0 saturated heterocycles. The van der Waals surface area contributed by atoms with E-state index in [2.05, 4.69) is 40.4 Å². The number of ether oxygens (including phenoxy) is 1. The van der Waals surface area contributed by atoms with Gasteiger partial charge in [0.1, 0.15) is 6.04 Å². The van der Waals surface area contributed by atoms with E-state index in [9.17, 15) is 4.79 Å². The summed E-state index contributed by atoms with van der Waals surface area (Å²) < 4.78 is 6.19. The molecule has 0 spiro atoms. The van der Waals surface area contributed by atoms with Gasteiger partial charge < -0.3 is 15.4 Å². The standard InChI is InChI=1S/C16H25BrN2O2/c1-11(2)8-9-18-16(20)12(3)19-15-7-5-6-14(17)13(15)10-21-4/h5-7,11-12,19H,8-10H2,1-4H3,(H,18,20). The Morgan fingerprint density at radius 2 is 2.05 bits per heavy atom. The number of rotatable bonds is 8. The molecular weight excluding hydrogens is 332 g/mol. The van der Waals surface area contributed by atoms with E-state index in [0.717, 1.165) is 22.1 Å². The minimum Gasteiger partial charge on any atom is -0.380 e. The third-order valence-electron chi connectivity index (χ3n) is 3.19. The Bertz CT molecular complexity index is 464. The zero-order chi connectivity index (χ0) is 15.8. The maximum atomic E-state index is 12.1. The highest BCUT2D eigenvalue weighted by molar-refractivity contribution is 9.10. The molecule has 4 nitrogen and oxygen atoms in total. The normalized spacial score (nSPS) is 12.3. The molecule has 1 aromatic rings. The quantitative estimate of drug-likeness (QED) is 0.748. The van der Waals surface area contributed by atoms with E-state index >= 15 is 0 Å². The Morgan fingerprint density at radius 3 is 2.67 bits per heavy atom. The molecule has 1 unspecified atom stereocenters. The molecule has 1 atom stereocenters. The highest BCUT2D eigenvalue weighted by Gasteiger charge is 2.15. The first-order chi connectivity index (χ1) is 9.95. The number of hydrogen-bond acceptors (Lipinski definition) is 3. The molecule has 0 radical (unpaired) electrons. The van der Waals surface area contributed by atoms with Crippen LogP contribution < -0.4 is 10.6 Å². The van der Waals surface area contributed by atoms with Gasteiger partial charge >= 0.3 is 0 Å². The fourth-order valence-corrected chi connectivity index (χ4v) is 2.40. The molecular formula is C16H25BrN2O2. The molecule has 0 bridgehead atoms. The monoisotopic (exact) mass is 356 g/mol. The minimum absolute atomic E-state index is 0.0130. The highest BCUT2D eigenvalue weighted by Crippen LogP contribution is 2.26. The van der Waals surface area contributed by atoms with Gasteiger partial charge in [-0.3, -0.25) is 4.79 Å². The van der Waals surface area contributed by atoms with Gasteiger partial charge in [0, 0.05) is 29.4 Å². The summed E-state index contributed by atoms with van der Waals surface area (Å²) in [5, 5.41) is 6.21. The maximum Gasteiger partial charge on any atom is 0.242 e. The molecule has 2 N–H and O–H groups in total. The number of methoxy groups -OCH3 is 1. The molecule has 0 saturated carbocycles. The topological polar surface area (TPSA) is 50.4 Å². The van der Waals surface area contributed by atoms with Crippen molar-refractivity contribution in [1.29, 1.82) is 0 Å². The molecule has 118 valence electrons. The van der Waals surface area contributed by atoms with Gasteiger partial charge in [-0.05, 0) is 31.4 Å². The maximum absolute atomic E-state index is 12.1. The fraction of sp³-hybridized carbons (Fsp3) is 0.562. The number of benzene rings is 1. The summed E-state index contributed by atoms with van der Waals surface area (Å²) in [5.74, 6) is 0.603. The van der Waals surface area contributed by atoms with E-state index < -0.39 is 0 Å². The average Bonchev–Trinajstić information content (AvgIpc) is 2.42. The van der Waals surface area contributed by atoms with Crippen molar-refractivity contribution in [3.05, 3.63) is 28.2 Å². The average molecular weight is 357 g/mol. The fourth-order valence-electron chi connectivity index (χ4n) is 1.92. The molecule has 0 aliphatic heterocycles. The van der Waals surface area contributed by atoms with Crippen LogP contribution in [0.3, 0.4) is 0 Å². The summed E-state index contributed by atoms with van der Waals surface area (Å²) in [6.45, 7) is 7.36. The van der Waals surface area contributed by atoms with Crippen LogP contribution in [-0.4, -0.2) is 25.6 Å². The van der Waals surface area contributed by atoms with Crippen LogP contribution in [0.2, 0.25) is 0 Å². The molecule has 0 aliphatic rings. The molecule has 21 heavy (non-hydrogen) atoms. The van der Waals surface area contributed by atoms with Gasteiger partial charge in [-0.1, -0.05) is 35.8 Å². The second-order valence-corrected chi connectivity index (χ2v) is 6.39. The Labute approximate surface area is 135 Å². The van der Waals surface area contributed by atoms with Gasteiger partial charge in [0.05, 0.1) is 6.61 Å². The van der Waals surface area contributed by atoms with Crippen LogP contribution in [0.25, 0.3) is 0 Å². The predicted molar refractivity (Wildman–Crippen MR) is 90.4 cm³/mol. The number of nitrogens with one attached hydrogen (secondary N) is 2. The molecule has 5 heteroatoms. The van der Waals surface area contributed by atoms with Crippen molar-refractivity contribution in [1.82, 2.24) is 5.32 Å². The first-order valence-corrected chi connectivity index (χ1v) is 8.05. The highest BCUT2D eigenvalue weighted by atomic mass is 79.9. The predicted octanol–water partition coefficient (Wildman–Crippen LogP) is 3.56. The summed E-state index contributed by atoms with van der Waals surface area (Å²) in [7, 11) is 1.66. The number of anilines is 1.